The predicted octanol–water partition coefficient (Wildman–Crippen LogP) is 5.13. The smallest absolute Gasteiger partial charge is 0.262 e. The van der Waals surface area contributed by atoms with E-state index in [1.165, 1.54) is 5.56 Å². The van der Waals surface area contributed by atoms with Gasteiger partial charge in [0.2, 0.25) is 0 Å². The van der Waals surface area contributed by atoms with Gasteiger partial charge in [0.1, 0.15) is 17.2 Å². The molecule has 0 aliphatic carbocycles. The molecule has 2 heterocycles. The number of aromatic nitrogens is 2. The summed E-state index contributed by atoms with van der Waals surface area (Å²) in [5.41, 5.74) is 4.38. The van der Waals surface area contributed by atoms with E-state index in [9.17, 15) is 4.79 Å². The summed E-state index contributed by atoms with van der Waals surface area (Å²) in [5.74, 6) is 0.814. The number of ether oxygens (including phenoxy) is 1. The van der Waals surface area contributed by atoms with E-state index < -0.39 is 0 Å². The molecule has 0 radical (unpaired) electrons. The number of benzene rings is 2. The fraction of sp³-hybridized carbons (Fsp3) is 0.217. The first-order valence-electron chi connectivity index (χ1n) is 9.28. The van der Waals surface area contributed by atoms with Crippen molar-refractivity contribution in [1.82, 2.24) is 9.55 Å². The van der Waals surface area contributed by atoms with Crippen molar-refractivity contribution in [2.45, 2.75) is 27.3 Å². The molecule has 0 atom stereocenters. The molecule has 5 heteroatoms. The Morgan fingerprint density at radius 3 is 2.57 bits per heavy atom. The molecular formula is C23H22N2O2S. The first kappa shape index (κ1) is 18.4. The summed E-state index contributed by atoms with van der Waals surface area (Å²) in [6, 6.07) is 16.2. The van der Waals surface area contributed by atoms with Gasteiger partial charge in [-0.3, -0.25) is 9.36 Å². The van der Waals surface area contributed by atoms with Gasteiger partial charge in [-0.05, 0) is 44.0 Å². The monoisotopic (exact) mass is 390 g/mol. The van der Waals surface area contributed by atoms with Crippen LogP contribution in [-0.4, -0.2) is 16.2 Å². The maximum Gasteiger partial charge on any atom is 0.262 e. The van der Waals surface area contributed by atoms with E-state index >= 15 is 0 Å². The fourth-order valence-electron chi connectivity index (χ4n) is 3.33. The zero-order chi connectivity index (χ0) is 19.7. The van der Waals surface area contributed by atoms with Crippen LogP contribution in [0.25, 0.3) is 21.3 Å². The highest BCUT2D eigenvalue weighted by molar-refractivity contribution is 7.19. The van der Waals surface area contributed by atoms with Crippen molar-refractivity contribution in [1.29, 1.82) is 0 Å². The van der Waals surface area contributed by atoms with Crippen LogP contribution in [0.15, 0.2) is 59.7 Å². The molecule has 4 nitrogen and oxygen atoms in total. The number of rotatable bonds is 5. The zero-order valence-corrected chi connectivity index (χ0v) is 17.0. The molecule has 0 fully saturated rings. The van der Waals surface area contributed by atoms with Crippen LogP contribution in [-0.2, 0) is 6.54 Å². The number of hydrogen-bond donors (Lipinski definition) is 0. The first-order valence-corrected chi connectivity index (χ1v) is 10.1. The molecule has 2 aromatic heterocycles. The molecule has 0 N–H and O–H groups in total. The molecule has 0 amide bonds. The Bertz CT molecular complexity index is 1190. The average Bonchev–Trinajstić information content (AvgIpc) is 3.01. The molecule has 0 unspecified atom stereocenters. The normalized spacial score (nSPS) is 11.1. The van der Waals surface area contributed by atoms with Gasteiger partial charge in [0, 0.05) is 10.4 Å². The number of nitrogens with zero attached hydrogens (tertiary/aromatic N) is 2. The summed E-state index contributed by atoms with van der Waals surface area (Å²) in [6.07, 6.45) is 1.62. The Morgan fingerprint density at radius 2 is 1.82 bits per heavy atom. The zero-order valence-electron chi connectivity index (χ0n) is 16.2. The van der Waals surface area contributed by atoms with Crippen molar-refractivity contribution >= 4 is 21.6 Å². The van der Waals surface area contributed by atoms with Crippen molar-refractivity contribution in [3.63, 3.8) is 0 Å². The molecule has 0 aliphatic rings. The average molecular weight is 391 g/mol. The number of aryl methyl sites for hydroxylation is 3. The Hall–Kier alpha value is -2.92. The van der Waals surface area contributed by atoms with Gasteiger partial charge in [0.25, 0.3) is 5.56 Å². The van der Waals surface area contributed by atoms with Gasteiger partial charge in [0.15, 0.2) is 0 Å². The second-order valence-corrected chi connectivity index (χ2v) is 8.19. The predicted molar refractivity (Wildman–Crippen MR) is 115 cm³/mol. The molecule has 0 spiro atoms. The Balaban J connectivity index is 1.65. The van der Waals surface area contributed by atoms with Crippen LogP contribution in [0.5, 0.6) is 5.75 Å². The van der Waals surface area contributed by atoms with Crippen molar-refractivity contribution in [2.24, 2.45) is 0 Å². The summed E-state index contributed by atoms with van der Waals surface area (Å²) in [7, 11) is 0. The van der Waals surface area contributed by atoms with Gasteiger partial charge in [-0.25, -0.2) is 4.98 Å². The first-order chi connectivity index (χ1) is 13.5. The lowest BCUT2D eigenvalue weighted by Crippen LogP contribution is -2.23. The molecule has 0 bridgehead atoms. The fourth-order valence-corrected chi connectivity index (χ4v) is 4.33. The molecule has 28 heavy (non-hydrogen) atoms. The van der Waals surface area contributed by atoms with Crippen molar-refractivity contribution in [3.8, 4) is 16.9 Å². The minimum absolute atomic E-state index is 0.0160. The molecule has 0 saturated heterocycles. The molecule has 0 aliphatic heterocycles. The molecule has 4 rings (SSSR count). The Labute approximate surface area is 168 Å². The Kier molecular flexibility index (Phi) is 5.01. The maximum absolute atomic E-state index is 13.2. The van der Waals surface area contributed by atoms with E-state index in [1.54, 1.807) is 22.2 Å². The van der Waals surface area contributed by atoms with E-state index in [2.05, 4.69) is 36.2 Å². The lowest BCUT2D eigenvalue weighted by molar-refractivity contribution is 0.296. The van der Waals surface area contributed by atoms with E-state index in [4.69, 9.17) is 4.74 Å². The van der Waals surface area contributed by atoms with Crippen LogP contribution in [0.1, 0.15) is 16.0 Å². The summed E-state index contributed by atoms with van der Waals surface area (Å²) in [5, 5.41) is 0.699. The quantitative estimate of drug-likeness (QED) is 0.474. The SMILES string of the molecule is Cc1ccc(-c2c(C)sc3ncn(CCOc4cccc(C)c4)c(=O)c23)cc1. The third-order valence-corrected chi connectivity index (χ3v) is 5.80. The molecule has 2 aromatic carbocycles. The molecular weight excluding hydrogens is 368 g/mol. The highest BCUT2D eigenvalue weighted by Gasteiger charge is 2.16. The number of hydrogen-bond acceptors (Lipinski definition) is 4. The van der Waals surface area contributed by atoms with Gasteiger partial charge in [-0.2, -0.15) is 0 Å². The van der Waals surface area contributed by atoms with E-state index in [-0.39, 0.29) is 5.56 Å². The standard InChI is InChI=1S/C23H22N2O2S/c1-15-7-9-18(10-8-15)20-17(3)28-22-21(20)23(26)25(14-24-22)11-12-27-19-6-4-5-16(2)13-19/h4-10,13-14H,11-12H2,1-3H3. The van der Waals surface area contributed by atoms with Crippen molar-refractivity contribution in [3.05, 3.63) is 81.2 Å². The van der Waals surface area contributed by atoms with Gasteiger partial charge in [-0.15, -0.1) is 11.3 Å². The van der Waals surface area contributed by atoms with Gasteiger partial charge < -0.3 is 4.74 Å². The van der Waals surface area contributed by atoms with Gasteiger partial charge >= 0.3 is 0 Å². The minimum atomic E-state index is -0.0160. The maximum atomic E-state index is 13.2. The number of fused-ring (bicyclic) bond motifs is 1. The highest BCUT2D eigenvalue weighted by Crippen LogP contribution is 2.35. The largest absolute Gasteiger partial charge is 0.492 e. The molecule has 142 valence electrons. The van der Waals surface area contributed by atoms with E-state index in [1.807, 2.05) is 38.1 Å². The van der Waals surface area contributed by atoms with Crippen LogP contribution in [0.3, 0.4) is 0 Å². The Morgan fingerprint density at radius 1 is 1.04 bits per heavy atom. The van der Waals surface area contributed by atoms with Crippen LogP contribution in [0, 0.1) is 20.8 Å². The topological polar surface area (TPSA) is 44.1 Å². The summed E-state index contributed by atoms with van der Waals surface area (Å²) >= 11 is 1.57. The highest BCUT2D eigenvalue weighted by atomic mass is 32.1. The summed E-state index contributed by atoms with van der Waals surface area (Å²) in [6.45, 7) is 7.01. The molecule has 0 saturated carbocycles. The van der Waals surface area contributed by atoms with Crippen LogP contribution in [0.2, 0.25) is 0 Å². The lowest BCUT2D eigenvalue weighted by Gasteiger charge is -2.09. The second kappa shape index (κ2) is 7.60. The van der Waals surface area contributed by atoms with E-state index in [0.29, 0.717) is 18.5 Å². The lowest BCUT2D eigenvalue weighted by atomic mass is 10.0. The second-order valence-electron chi connectivity index (χ2n) is 6.99. The number of thiophene rings is 1. The third kappa shape index (κ3) is 3.58. The van der Waals surface area contributed by atoms with Crippen LogP contribution >= 0.6 is 11.3 Å². The third-order valence-electron chi connectivity index (χ3n) is 4.79. The molecule has 4 aromatic rings. The van der Waals surface area contributed by atoms with Crippen LogP contribution < -0.4 is 10.3 Å². The summed E-state index contributed by atoms with van der Waals surface area (Å²) in [4.78, 5) is 19.6. The van der Waals surface area contributed by atoms with Crippen molar-refractivity contribution < 1.29 is 4.74 Å². The minimum Gasteiger partial charge on any atom is -0.492 e. The summed E-state index contributed by atoms with van der Waals surface area (Å²) < 4.78 is 7.45. The van der Waals surface area contributed by atoms with E-state index in [0.717, 1.165) is 32.1 Å². The van der Waals surface area contributed by atoms with Crippen molar-refractivity contribution in [2.75, 3.05) is 6.61 Å². The van der Waals surface area contributed by atoms with Gasteiger partial charge in [-0.1, -0.05) is 42.0 Å². The van der Waals surface area contributed by atoms with Gasteiger partial charge in [0.05, 0.1) is 18.3 Å². The van der Waals surface area contributed by atoms with Crippen LogP contribution in [0.4, 0.5) is 0 Å².